The van der Waals surface area contributed by atoms with Crippen LogP contribution < -0.4 is 5.32 Å². The second-order valence-corrected chi connectivity index (χ2v) is 5.41. The molecule has 0 rings (SSSR count). The molecular weight excluding hydrogens is 230 g/mol. The first kappa shape index (κ1) is 15.4. The van der Waals surface area contributed by atoms with Gasteiger partial charge in [-0.25, -0.2) is 0 Å². The molecule has 0 saturated heterocycles. The van der Waals surface area contributed by atoms with Crippen LogP contribution in [-0.2, 0) is 14.3 Å². The molecule has 0 spiro atoms. The maximum Gasteiger partial charge on any atom is 0.323 e. The van der Waals surface area contributed by atoms with Gasteiger partial charge in [-0.1, -0.05) is 13.8 Å². The normalized spacial score (nSPS) is 13.7. The lowest BCUT2D eigenvalue weighted by Gasteiger charge is -2.26. The molecule has 0 saturated carbocycles. The predicted octanol–water partition coefficient (Wildman–Crippen LogP) is 1.71. The van der Waals surface area contributed by atoms with Crippen LogP contribution in [0.1, 0.15) is 34.6 Å². The maximum atomic E-state index is 11.8. The van der Waals surface area contributed by atoms with E-state index in [1.165, 1.54) is 0 Å². The van der Waals surface area contributed by atoms with E-state index in [1.807, 2.05) is 13.8 Å². The molecule has 0 aliphatic carbocycles. The van der Waals surface area contributed by atoms with Crippen molar-refractivity contribution in [2.75, 3.05) is 6.54 Å². The third-order valence-corrected chi connectivity index (χ3v) is 1.92. The zero-order valence-electron chi connectivity index (χ0n) is 10.5. The van der Waals surface area contributed by atoms with Crippen LogP contribution in [0.5, 0.6) is 0 Å². The summed E-state index contributed by atoms with van der Waals surface area (Å²) in [5.41, 5.74) is -0.531. The largest absolute Gasteiger partial charge is 0.459 e. The van der Waals surface area contributed by atoms with Gasteiger partial charge in [-0.2, -0.15) is 0 Å². The molecule has 4 nitrogen and oxygen atoms in total. The average Bonchev–Trinajstić information content (AvgIpc) is 1.98. The van der Waals surface area contributed by atoms with Crippen LogP contribution in [0.25, 0.3) is 0 Å². The second kappa shape index (κ2) is 6.21. The minimum Gasteiger partial charge on any atom is -0.459 e. The number of nitrogens with one attached hydrogen (secondary N) is 1. The Bertz CT molecular complexity index is 258. The molecule has 0 heterocycles. The van der Waals surface area contributed by atoms with Crippen molar-refractivity contribution in [1.29, 1.82) is 0 Å². The van der Waals surface area contributed by atoms with Crippen molar-refractivity contribution in [3.05, 3.63) is 0 Å². The highest BCUT2D eigenvalue weighted by Crippen LogP contribution is 2.12. The van der Waals surface area contributed by atoms with Crippen molar-refractivity contribution >= 4 is 22.8 Å². The van der Waals surface area contributed by atoms with Gasteiger partial charge in [-0.3, -0.25) is 14.9 Å². The van der Waals surface area contributed by atoms with Gasteiger partial charge in [0.15, 0.2) is 0 Å². The Labute approximate surface area is 102 Å². The van der Waals surface area contributed by atoms with Gasteiger partial charge < -0.3 is 4.74 Å². The lowest BCUT2D eigenvalue weighted by atomic mass is 10.0. The Kier molecular flexibility index (Phi) is 5.97. The molecule has 0 radical (unpaired) electrons. The van der Waals surface area contributed by atoms with Crippen LogP contribution in [0.4, 0.5) is 0 Å². The number of ether oxygens (including phenoxy) is 1. The number of carbonyl (C=O) groups excluding carboxylic acids is 2. The molecule has 1 N–H and O–H groups in total. The molecule has 5 heteroatoms. The van der Waals surface area contributed by atoms with E-state index >= 15 is 0 Å². The van der Waals surface area contributed by atoms with Crippen molar-refractivity contribution < 1.29 is 14.3 Å². The summed E-state index contributed by atoms with van der Waals surface area (Å²) in [4.78, 5) is 22.4. The fraction of sp³-hybridized carbons (Fsp3) is 0.818. The fourth-order valence-corrected chi connectivity index (χ4v) is 1.22. The summed E-state index contributed by atoms with van der Waals surface area (Å²) in [6.07, 6.45) is 0. The Morgan fingerprint density at radius 3 is 2.12 bits per heavy atom. The van der Waals surface area contributed by atoms with Gasteiger partial charge in [0.25, 0.3) is 0 Å². The number of halogens is 1. The van der Waals surface area contributed by atoms with Crippen LogP contribution >= 0.6 is 11.6 Å². The second-order valence-electron chi connectivity index (χ2n) is 4.99. The quantitative estimate of drug-likeness (QED) is 0.595. The summed E-state index contributed by atoms with van der Waals surface area (Å²) < 4.78 is 5.24. The molecule has 0 aromatic carbocycles. The number of esters is 1. The fourth-order valence-electron chi connectivity index (χ4n) is 1.15. The van der Waals surface area contributed by atoms with E-state index in [1.54, 1.807) is 20.8 Å². The molecule has 0 aliphatic heterocycles. The Morgan fingerprint density at radius 1 is 1.31 bits per heavy atom. The third-order valence-electron chi connectivity index (χ3n) is 1.79. The van der Waals surface area contributed by atoms with E-state index in [0.29, 0.717) is 0 Å². The molecule has 94 valence electrons. The molecule has 0 aromatic rings. The van der Waals surface area contributed by atoms with Crippen LogP contribution in [0.15, 0.2) is 0 Å². The van der Waals surface area contributed by atoms with Gasteiger partial charge in [0.1, 0.15) is 11.6 Å². The molecule has 16 heavy (non-hydrogen) atoms. The summed E-state index contributed by atoms with van der Waals surface area (Å²) in [5, 5.41) is 2.27. The summed E-state index contributed by atoms with van der Waals surface area (Å²) in [5.74, 6) is -0.328. The standard InChI is InChI=1S/C11H20ClNO3/c1-7(2)9(13-6-8(12)14)10(15)16-11(3,4)5/h7,9,13H,6H2,1-5H3. The third kappa shape index (κ3) is 6.80. The molecule has 0 bridgehead atoms. The van der Waals surface area contributed by atoms with Gasteiger partial charge in [0.05, 0.1) is 6.54 Å². The van der Waals surface area contributed by atoms with E-state index in [-0.39, 0.29) is 18.4 Å². The zero-order valence-corrected chi connectivity index (χ0v) is 11.2. The number of hydrogen-bond acceptors (Lipinski definition) is 4. The lowest BCUT2D eigenvalue weighted by molar-refractivity contribution is -0.158. The van der Waals surface area contributed by atoms with Gasteiger partial charge in [-0.05, 0) is 38.3 Å². The van der Waals surface area contributed by atoms with Crippen molar-refractivity contribution in [3.63, 3.8) is 0 Å². The summed E-state index contributed by atoms with van der Waals surface area (Å²) in [6.45, 7) is 9.11. The number of hydrogen-bond donors (Lipinski definition) is 1. The Balaban J connectivity index is 4.42. The van der Waals surface area contributed by atoms with Crippen LogP contribution in [0.3, 0.4) is 0 Å². The minimum absolute atomic E-state index is 0.0332. The van der Waals surface area contributed by atoms with E-state index in [2.05, 4.69) is 5.32 Å². The van der Waals surface area contributed by atoms with Gasteiger partial charge in [0.2, 0.25) is 5.24 Å². The highest BCUT2D eigenvalue weighted by molar-refractivity contribution is 6.64. The van der Waals surface area contributed by atoms with Crippen LogP contribution in [-0.4, -0.2) is 29.4 Å². The first-order valence-electron chi connectivity index (χ1n) is 5.28. The van der Waals surface area contributed by atoms with E-state index in [9.17, 15) is 9.59 Å². The number of carbonyl (C=O) groups is 2. The van der Waals surface area contributed by atoms with Crippen LogP contribution in [0, 0.1) is 5.92 Å². The molecule has 0 aromatic heterocycles. The minimum atomic E-state index is -0.531. The molecule has 1 unspecified atom stereocenters. The Hall–Kier alpha value is -0.610. The molecule has 1 atom stereocenters. The Morgan fingerprint density at radius 2 is 1.81 bits per heavy atom. The van der Waals surface area contributed by atoms with Crippen LogP contribution in [0.2, 0.25) is 0 Å². The molecule has 0 fully saturated rings. The smallest absolute Gasteiger partial charge is 0.323 e. The van der Waals surface area contributed by atoms with E-state index in [0.717, 1.165) is 0 Å². The highest BCUT2D eigenvalue weighted by Gasteiger charge is 2.27. The highest BCUT2D eigenvalue weighted by atomic mass is 35.5. The summed E-state index contributed by atoms with van der Waals surface area (Å²) in [6, 6.07) is -0.512. The van der Waals surface area contributed by atoms with Crippen molar-refractivity contribution in [2.24, 2.45) is 5.92 Å². The van der Waals surface area contributed by atoms with E-state index < -0.39 is 16.9 Å². The van der Waals surface area contributed by atoms with Crippen molar-refractivity contribution in [1.82, 2.24) is 5.32 Å². The van der Waals surface area contributed by atoms with Crippen molar-refractivity contribution in [2.45, 2.75) is 46.3 Å². The molecular formula is C11H20ClNO3. The monoisotopic (exact) mass is 249 g/mol. The lowest BCUT2D eigenvalue weighted by Crippen LogP contribution is -2.45. The topological polar surface area (TPSA) is 55.4 Å². The average molecular weight is 250 g/mol. The van der Waals surface area contributed by atoms with Gasteiger partial charge in [0, 0.05) is 0 Å². The molecule has 0 amide bonds. The van der Waals surface area contributed by atoms with Gasteiger partial charge in [-0.15, -0.1) is 0 Å². The first-order chi connectivity index (χ1) is 7.13. The first-order valence-corrected chi connectivity index (χ1v) is 5.66. The zero-order chi connectivity index (χ0) is 12.9. The maximum absolute atomic E-state index is 11.8. The SMILES string of the molecule is CC(C)C(NCC(=O)Cl)C(=O)OC(C)(C)C. The predicted molar refractivity (Wildman–Crippen MR) is 63.3 cm³/mol. The summed E-state index contributed by atoms with van der Waals surface area (Å²) >= 11 is 5.21. The van der Waals surface area contributed by atoms with Crippen molar-refractivity contribution in [3.8, 4) is 0 Å². The number of rotatable bonds is 5. The van der Waals surface area contributed by atoms with Gasteiger partial charge >= 0.3 is 5.97 Å². The van der Waals surface area contributed by atoms with E-state index in [4.69, 9.17) is 16.3 Å². The molecule has 0 aliphatic rings. The summed E-state index contributed by atoms with van der Waals surface area (Å²) in [7, 11) is 0.